The van der Waals surface area contributed by atoms with Gasteiger partial charge in [-0.3, -0.25) is 19.7 Å². The van der Waals surface area contributed by atoms with Crippen LogP contribution in [0.1, 0.15) is 24.6 Å². The molecule has 0 unspecified atom stereocenters. The third kappa shape index (κ3) is 7.36. The molecule has 0 fully saturated rings. The van der Waals surface area contributed by atoms with Gasteiger partial charge in [-0.25, -0.2) is 4.98 Å². The summed E-state index contributed by atoms with van der Waals surface area (Å²) in [4.78, 5) is 39.2. The van der Waals surface area contributed by atoms with E-state index < -0.39 is 18.5 Å². The maximum absolute atomic E-state index is 11.9. The zero-order valence-electron chi connectivity index (χ0n) is 15.7. The van der Waals surface area contributed by atoms with Crippen molar-refractivity contribution in [1.82, 2.24) is 4.98 Å². The predicted molar refractivity (Wildman–Crippen MR) is 103 cm³/mol. The number of rotatable bonds is 10. The van der Waals surface area contributed by atoms with Crippen molar-refractivity contribution >= 4 is 34.3 Å². The molecule has 0 radical (unpaired) electrons. The second kappa shape index (κ2) is 11.0. The quantitative estimate of drug-likeness (QED) is 0.604. The largest absolute Gasteiger partial charge is 0.497 e. The lowest BCUT2D eigenvalue weighted by Crippen LogP contribution is -2.21. The number of anilines is 1. The third-order valence-corrected chi connectivity index (χ3v) is 4.38. The van der Waals surface area contributed by atoms with Gasteiger partial charge in [0.1, 0.15) is 5.75 Å². The fraction of sp³-hybridized carbons (Fsp3) is 0.368. The zero-order chi connectivity index (χ0) is 20.4. The molecule has 1 aromatic carbocycles. The van der Waals surface area contributed by atoms with E-state index in [2.05, 4.69) is 10.3 Å². The van der Waals surface area contributed by atoms with Gasteiger partial charge in [0.15, 0.2) is 11.7 Å². The highest BCUT2D eigenvalue weighted by molar-refractivity contribution is 7.13. The maximum atomic E-state index is 11.9. The van der Waals surface area contributed by atoms with Crippen molar-refractivity contribution in [3.8, 4) is 5.75 Å². The summed E-state index contributed by atoms with van der Waals surface area (Å²) in [5.74, 6) is -0.588. The fourth-order valence-corrected chi connectivity index (χ4v) is 2.94. The average molecular weight is 406 g/mol. The zero-order valence-corrected chi connectivity index (χ0v) is 16.5. The van der Waals surface area contributed by atoms with Crippen LogP contribution in [0.5, 0.6) is 5.75 Å². The summed E-state index contributed by atoms with van der Waals surface area (Å²) in [7, 11) is 1.59. The van der Waals surface area contributed by atoms with E-state index in [9.17, 15) is 14.4 Å². The van der Waals surface area contributed by atoms with Gasteiger partial charge >= 0.3 is 11.9 Å². The Balaban J connectivity index is 1.69. The second-order valence-electron chi connectivity index (χ2n) is 5.68. The minimum Gasteiger partial charge on any atom is -0.497 e. The van der Waals surface area contributed by atoms with Crippen LogP contribution in [-0.2, 0) is 36.7 Å². The normalized spacial score (nSPS) is 10.2. The summed E-state index contributed by atoms with van der Waals surface area (Å²) in [6, 6.07) is 7.38. The van der Waals surface area contributed by atoms with Crippen molar-refractivity contribution in [2.24, 2.45) is 0 Å². The van der Waals surface area contributed by atoms with Crippen molar-refractivity contribution in [3.63, 3.8) is 0 Å². The molecule has 1 heterocycles. The van der Waals surface area contributed by atoms with Gasteiger partial charge in [0, 0.05) is 11.8 Å². The number of esters is 2. The molecule has 0 bridgehead atoms. The summed E-state index contributed by atoms with van der Waals surface area (Å²) in [5, 5.41) is 4.53. The molecule has 8 nitrogen and oxygen atoms in total. The Bertz CT molecular complexity index is 803. The van der Waals surface area contributed by atoms with Crippen LogP contribution >= 0.6 is 11.3 Å². The van der Waals surface area contributed by atoms with Gasteiger partial charge in [0.25, 0.3) is 5.91 Å². The predicted octanol–water partition coefficient (Wildman–Crippen LogP) is 2.37. The molecule has 0 aliphatic heterocycles. The Kier molecular flexibility index (Phi) is 8.41. The first-order valence-corrected chi connectivity index (χ1v) is 9.56. The van der Waals surface area contributed by atoms with Crippen LogP contribution < -0.4 is 10.1 Å². The Morgan fingerprint density at radius 1 is 1.11 bits per heavy atom. The van der Waals surface area contributed by atoms with E-state index in [1.807, 2.05) is 24.3 Å². The van der Waals surface area contributed by atoms with Crippen LogP contribution in [0.15, 0.2) is 29.6 Å². The number of amides is 1. The Morgan fingerprint density at radius 2 is 1.86 bits per heavy atom. The lowest BCUT2D eigenvalue weighted by molar-refractivity contribution is -0.147. The summed E-state index contributed by atoms with van der Waals surface area (Å²) in [5.41, 5.74) is 1.48. The van der Waals surface area contributed by atoms with E-state index in [1.54, 1.807) is 19.4 Å². The van der Waals surface area contributed by atoms with Crippen molar-refractivity contribution in [1.29, 1.82) is 0 Å². The number of aromatic nitrogens is 1. The molecule has 0 spiro atoms. The smallest absolute Gasteiger partial charge is 0.311 e. The highest BCUT2D eigenvalue weighted by Crippen LogP contribution is 2.16. The van der Waals surface area contributed by atoms with Crippen molar-refractivity contribution in [2.75, 3.05) is 25.6 Å². The van der Waals surface area contributed by atoms with E-state index in [1.165, 1.54) is 11.3 Å². The molecule has 0 atom stereocenters. The topological polar surface area (TPSA) is 104 Å². The first-order chi connectivity index (χ1) is 13.5. The lowest BCUT2D eigenvalue weighted by Gasteiger charge is -2.05. The van der Waals surface area contributed by atoms with E-state index >= 15 is 0 Å². The first-order valence-electron chi connectivity index (χ1n) is 8.68. The van der Waals surface area contributed by atoms with Crippen molar-refractivity contribution in [2.45, 2.75) is 26.2 Å². The molecule has 150 valence electrons. The molecular formula is C19H22N2O6S. The molecule has 0 saturated carbocycles. The number of carbonyl (C=O) groups excluding carboxylic acids is 3. The third-order valence-electron chi connectivity index (χ3n) is 3.57. The van der Waals surface area contributed by atoms with Gasteiger partial charge < -0.3 is 14.2 Å². The van der Waals surface area contributed by atoms with Gasteiger partial charge in [-0.2, -0.15) is 0 Å². The van der Waals surface area contributed by atoms with Gasteiger partial charge in [-0.05, 0) is 31.0 Å². The number of nitrogens with zero attached hydrogens (tertiary/aromatic N) is 1. The molecule has 0 saturated heterocycles. The summed E-state index contributed by atoms with van der Waals surface area (Å²) in [6.07, 6.45) is 0.718. The van der Waals surface area contributed by atoms with Crippen LogP contribution in [0.2, 0.25) is 0 Å². The minimum atomic E-state index is -0.491. The minimum absolute atomic E-state index is 0.0422. The molecule has 28 heavy (non-hydrogen) atoms. The number of benzene rings is 1. The first kappa shape index (κ1) is 21.4. The van der Waals surface area contributed by atoms with Crippen LogP contribution in [0.3, 0.4) is 0 Å². The van der Waals surface area contributed by atoms with Crippen molar-refractivity contribution < 1.29 is 28.6 Å². The molecule has 2 aromatic rings. The number of carbonyl (C=O) groups is 3. The molecule has 2 rings (SSSR count). The van der Waals surface area contributed by atoms with Crippen LogP contribution in [0.4, 0.5) is 5.13 Å². The monoisotopic (exact) mass is 406 g/mol. The van der Waals surface area contributed by atoms with E-state index in [0.29, 0.717) is 23.9 Å². The summed E-state index contributed by atoms with van der Waals surface area (Å²) >= 11 is 1.18. The van der Waals surface area contributed by atoms with Crippen LogP contribution in [-0.4, -0.2) is 43.2 Å². The number of hydrogen-bond donors (Lipinski definition) is 1. The lowest BCUT2D eigenvalue weighted by atomic mass is 10.1. The Labute approximate surface area is 166 Å². The van der Waals surface area contributed by atoms with Gasteiger partial charge in [-0.15, -0.1) is 11.3 Å². The number of thiazole rings is 1. The standard InChI is InChI=1S/C19H22N2O6S/c1-3-26-18(24)10-14-12-28-19(20-14)21-16(22)11-27-17(23)9-6-13-4-7-15(25-2)8-5-13/h4-5,7-8,12H,3,6,9-11H2,1-2H3,(H,20,21,22). The van der Waals surface area contributed by atoms with E-state index in [4.69, 9.17) is 14.2 Å². The Morgan fingerprint density at radius 3 is 2.54 bits per heavy atom. The molecule has 1 N–H and O–H groups in total. The van der Waals surface area contributed by atoms with Crippen LogP contribution in [0.25, 0.3) is 0 Å². The molecule has 1 aromatic heterocycles. The average Bonchev–Trinajstić information content (AvgIpc) is 3.11. The number of aryl methyl sites for hydroxylation is 1. The number of methoxy groups -OCH3 is 1. The van der Waals surface area contributed by atoms with E-state index in [0.717, 1.165) is 11.3 Å². The highest BCUT2D eigenvalue weighted by atomic mass is 32.1. The molecular weight excluding hydrogens is 384 g/mol. The second-order valence-corrected chi connectivity index (χ2v) is 6.54. The van der Waals surface area contributed by atoms with Crippen LogP contribution in [0, 0.1) is 0 Å². The van der Waals surface area contributed by atoms with E-state index in [-0.39, 0.29) is 18.8 Å². The van der Waals surface area contributed by atoms with Gasteiger partial charge in [-0.1, -0.05) is 12.1 Å². The maximum Gasteiger partial charge on any atom is 0.311 e. The molecule has 9 heteroatoms. The van der Waals surface area contributed by atoms with Gasteiger partial charge in [0.2, 0.25) is 0 Å². The number of hydrogen-bond acceptors (Lipinski definition) is 8. The fourth-order valence-electron chi connectivity index (χ4n) is 2.22. The summed E-state index contributed by atoms with van der Waals surface area (Å²) < 4.78 is 14.9. The molecule has 0 aliphatic carbocycles. The number of ether oxygens (including phenoxy) is 3. The Hall–Kier alpha value is -2.94. The van der Waals surface area contributed by atoms with Crippen molar-refractivity contribution in [3.05, 3.63) is 40.9 Å². The SMILES string of the molecule is CCOC(=O)Cc1csc(NC(=O)COC(=O)CCc2ccc(OC)cc2)n1. The highest BCUT2D eigenvalue weighted by Gasteiger charge is 2.12. The molecule has 1 amide bonds. The number of nitrogens with one attached hydrogen (secondary N) is 1. The van der Waals surface area contributed by atoms with Gasteiger partial charge in [0.05, 0.1) is 25.8 Å². The summed E-state index contributed by atoms with van der Waals surface area (Å²) in [6.45, 7) is 1.63. The molecule has 0 aliphatic rings.